The summed E-state index contributed by atoms with van der Waals surface area (Å²) in [6.45, 7) is 1.49. The standard InChI is InChI=1S/C13H18N2O2/c14-11-5-6-12(16-7-9-1-2-9)15-13(11)17-8-10-3-4-10/h5-6,9-10H,1-4,7-8,14H2. The van der Waals surface area contributed by atoms with Gasteiger partial charge in [0.2, 0.25) is 11.8 Å². The van der Waals surface area contributed by atoms with Gasteiger partial charge in [-0.05, 0) is 43.6 Å². The summed E-state index contributed by atoms with van der Waals surface area (Å²) in [4.78, 5) is 4.30. The van der Waals surface area contributed by atoms with Crippen LogP contribution in [0.3, 0.4) is 0 Å². The lowest BCUT2D eigenvalue weighted by Gasteiger charge is -2.09. The van der Waals surface area contributed by atoms with E-state index in [2.05, 4.69) is 4.98 Å². The highest BCUT2D eigenvalue weighted by atomic mass is 16.5. The Morgan fingerprint density at radius 2 is 1.71 bits per heavy atom. The summed E-state index contributed by atoms with van der Waals surface area (Å²) in [5.74, 6) is 2.57. The Morgan fingerprint density at radius 3 is 2.35 bits per heavy atom. The van der Waals surface area contributed by atoms with Crippen molar-refractivity contribution >= 4 is 5.69 Å². The Balaban J connectivity index is 1.60. The highest BCUT2D eigenvalue weighted by molar-refractivity contribution is 5.49. The van der Waals surface area contributed by atoms with Crippen LogP contribution in [0.4, 0.5) is 5.69 Å². The molecule has 1 aromatic heterocycles. The van der Waals surface area contributed by atoms with Crippen molar-refractivity contribution in [3.63, 3.8) is 0 Å². The summed E-state index contributed by atoms with van der Waals surface area (Å²) >= 11 is 0. The molecule has 0 unspecified atom stereocenters. The lowest BCUT2D eigenvalue weighted by Crippen LogP contribution is -2.06. The molecule has 2 N–H and O–H groups in total. The summed E-state index contributed by atoms with van der Waals surface area (Å²) in [6.07, 6.45) is 5.08. The number of ether oxygens (including phenoxy) is 2. The second-order valence-electron chi connectivity index (χ2n) is 5.05. The third-order valence-electron chi connectivity index (χ3n) is 3.18. The zero-order valence-corrected chi connectivity index (χ0v) is 9.89. The van der Waals surface area contributed by atoms with Gasteiger partial charge in [0.25, 0.3) is 0 Å². The van der Waals surface area contributed by atoms with Crippen LogP contribution >= 0.6 is 0 Å². The predicted octanol–water partition coefficient (Wildman–Crippen LogP) is 2.24. The van der Waals surface area contributed by atoms with Gasteiger partial charge < -0.3 is 15.2 Å². The van der Waals surface area contributed by atoms with Crippen molar-refractivity contribution in [2.45, 2.75) is 25.7 Å². The number of nitrogens with zero attached hydrogens (tertiary/aromatic N) is 1. The van der Waals surface area contributed by atoms with Crippen molar-refractivity contribution in [2.75, 3.05) is 18.9 Å². The molecule has 2 aliphatic rings. The molecule has 2 saturated carbocycles. The number of nitrogen functional groups attached to an aromatic ring is 1. The Bertz CT molecular complexity index is 400. The first kappa shape index (κ1) is 10.7. The maximum atomic E-state index is 5.82. The van der Waals surface area contributed by atoms with Gasteiger partial charge in [-0.3, -0.25) is 0 Å². The summed E-state index contributed by atoms with van der Waals surface area (Å²) in [7, 11) is 0. The molecule has 0 spiro atoms. The molecule has 1 aromatic rings. The van der Waals surface area contributed by atoms with Gasteiger partial charge in [-0.1, -0.05) is 0 Å². The average Bonchev–Trinajstić information content (AvgIpc) is 3.20. The van der Waals surface area contributed by atoms with E-state index in [0.29, 0.717) is 23.4 Å². The molecular weight excluding hydrogens is 216 g/mol. The monoisotopic (exact) mass is 234 g/mol. The number of anilines is 1. The first-order valence-electron chi connectivity index (χ1n) is 6.33. The highest BCUT2D eigenvalue weighted by Crippen LogP contribution is 2.32. The minimum absolute atomic E-state index is 0.519. The van der Waals surface area contributed by atoms with Crippen molar-refractivity contribution in [3.05, 3.63) is 12.1 Å². The second-order valence-corrected chi connectivity index (χ2v) is 5.05. The minimum atomic E-state index is 0.519. The number of hydrogen-bond donors (Lipinski definition) is 1. The van der Waals surface area contributed by atoms with Gasteiger partial charge in [0.15, 0.2) is 0 Å². The molecule has 0 saturated heterocycles. The van der Waals surface area contributed by atoms with Gasteiger partial charge >= 0.3 is 0 Å². The molecule has 4 heteroatoms. The van der Waals surface area contributed by atoms with E-state index < -0.39 is 0 Å². The van der Waals surface area contributed by atoms with Crippen LogP contribution in [0.15, 0.2) is 12.1 Å². The predicted molar refractivity (Wildman–Crippen MR) is 65.1 cm³/mol. The molecule has 17 heavy (non-hydrogen) atoms. The fourth-order valence-corrected chi connectivity index (χ4v) is 1.60. The molecule has 4 nitrogen and oxygen atoms in total. The molecule has 2 aliphatic carbocycles. The Labute approximate surface area is 101 Å². The highest BCUT2D eigenvalue weighted by Gasteiger charge is 2.23. The van der Waals surface area contributed by atoms with Crippen molar-refractivity contribution in [1.29, 1.82) is 0 Å². The summed E-state index contributed by atoms with van der Waals surface area (Å²) < 4.78 is 11.2. The molecule has 1 heterocycles. The summed E-state index contributed by atoms with van der Waals surface area (Å²) in [5.41, 5.74) is 6.41. The van der Waals surface area contributed by atoms with Crippen molar-refractivity contribution in [2.24, 2.45) is 11.8 Å². The third kappa shape index (κ3) is 3.02. The van der Waals surface area contributed by atoms with Gasteiger partial charge in [-0.25, -0.2) is 0 Å². The van der Waals surface area contributed by atoms with Crippen LogP contribution in [-0.4, -0.2) is 18.2 Å². The number of rotatable bonds is 6. The second kappa shape index (κ2) is 4.43. The molecule has 0 aromatic carbocycles. The van der Waals surface area contributed by atoms with Crippen molar-refractivity contribution in [3.8, 4) is 11.8 Å². The van der Waals surface area contributed by atoms with Crippen LogP contribution in [-0.2, 0) is 0 Å². The number of nitrogens with two attached hydrogens (primary N) is 1. The summed E-state index contributed by atoms with van der Waals surface area (Å²) in [6, 6.07) is 3.61. The molecule has 92 valence electrons. The largest absolute Gasteiger partial charge is 0.477 e. The topological polar surface area (TPSA) is 57.4 Å². The lowest BCUT2D eigenvalue weighted by molar-refractivity contribution is 0.265. The van der Waals surface area contributed by atoms with E-state index in [4.69, 9.17) is 15.2 Å². The SMILES string of the molecule is Nc1ccc(OCC2CC2)nc1OCC1CC1. The first-order chi connectivity index (χ1) is 8.31. The van der Waals surface area contributed by atoms with E-state index in [0.717, 1.165) is 19.1 Å². The molecule has 0 bridgehead atoms. The Kier molecular flexibility index (Phi) is 2.79. The fourth-order valence-electron chi connectivity index (χ4n) is 1.60. The van der Waals surface area contributed by atoms with Crippen molar-refractivity contribution < 1.29 is 9.47 Å². The molecule has 0 amide bonds. The van der Waals surface area contributed by atoms with E-state index in [1.54, 1.807) is 6.07 Å². The zero-order chi connectivity index (χ0) is 11.7. The van der Waals surface area contributed by atoms with E-state index in [-0.39, 0.29) is 0 Å². The summed E-state index contributed by atoms with van der Waals surface area (Å²) in [5, 5.41) is 0. The number of pyridine rings is 1. The van der Waals surface area contributed by atoms with E-state index in [9.17, 15) is 0 Å². The van der Waals surface area contributed by atoms with Crippen LogP contribution in [0.1, 0.15) is 25.7 Å². The van der Waals surface area contributed by atoms with Crippen molar-refractivity contribution in [1.82, 2.24) is 4.98 Å². The number of hydrogen-bond acceptors (Lipinski definition) is 4. The van der Waals surface area contributed by atoms with Crippen LogP contribution in [0, 0.1) is 11.8 Å². The zero-order valence-electron chi connectivity index (χ0n) is 9.89. The minimum Gasteiger partial charge on any atom is -0.477 e. The maximum Gasteiger partial charge on any atom is 0.240 e. The number of aromatic nitrogens is 1. The molecule has 2 fully saturated rings. The van der Waals surface area contributed by atoms with E-state index >= 15 is 0 Å². The first-order valence-corrected chi connectivity index (χ1v) is 6.33. The molecule has 0 atom stereocenters. The average molecular weight is 234 g/mol. The Hall–Kier alpha value is -1.45. The Morgan fingerprint density at radius 1 is 1.06 bits per heavy atom. The molecular formula is C13H18N2O2. The van der Waals surface area contributed by atoms with Gasteiger partial charge in [0.1, 0.15) is 0 Å². The van der Waals surface area contributed by atoms with Crippen LogP contribution < -0.4 is 15.2 Å². The van der Waals surface area contributed by atoms with Crippen LogP contribution in [0.2, 0.25) is 0 Å². The molecule has 0 radical (unpaired) electrons. The third-order valence-corrected chi connectivity index (χ3v) is 3.18. The van der Waals surface area contributed by atoms with Crippen LogP contribution in [0.5, 0.6) is 11.8 Å². The molecule has 0 aliphatic heterocycles. The lowest BCUT2D eigenvalue weighted by atomic mass is 10.4. The van der Waals surface area contributed by atoms with Gasteiger partial charge in [0, 0.05) is 6.07 Å². The maximum absolute atomic E-state index is 5.82. The van der Waals surface area contributed by atoms with Gasteiger partial charge in [-0.15, -0.1) is 0 Å². The van der Waals surface area contributed by atoms with E-state index in [1.165, 1.54) is 25.7 Å². The van der Waals surface area contributed by atoms with Gasteiger partial charge in [0.05, 0.1) is 18.9 Å². The normalized spacial score (nSPS) is 19.1. The van der Waals surface area contributed by atoms with Crippen LogP contribution in [0.25, 0.3) is 0 Å². The smallest absolute Gasteiger partial charge is 0.240 e. The van der Waals surface area contributed by atoms with E-state index in [1.807, 2.05) is 6.07 Å². The van der Waals surface area contributed by atoms with Gasteiger partial charge in [-0.2, -0.15) is 4.98 Å². The fraction of sp³-hybridized carbons (Fsp3) is 0.615. The molecule has 3 rings (SSSR count). The quantitative estimate of drug-likeness (QED) is 0.820.